The molecular weight excluding hydrogens is 284 g/mol. The third kappa shape index (κ3) is 6.51. The lowest BCUT2D eigenvalue weighted by Crippen LogP contribution is -2.51. The summed E-state index contributed by atoms with van der Waals surface area (Å²) >= 11 is 0. The average molecular weight is 314 g/mol. The second-order valence-corrected chi connectivity index (χ2v) is 5.54. The van der Waals surface area contributed by atoms with Crippen molar-refractivity contribution in [1.82, 2.24) is 20.9 Å². The number of ether oxygens (including phenoxy) is 1. The van der Waals surface area contributed by atoms with E-state index in [9.17, 15) is 9.59 Å². The first kappa shape index (κ1) is 18.5. The molecule has 7 heteroatoms. The summed E-state index contributed by atoms with van der Waals surface area (Å²) in [6.07, 6.45) is 3.64. The molecule has 1 aliphatic heterocycles. The summed E-state index contributed by atoms with van der Waals surface area (Å²) in [7, 11) is 1.60. The fourth-order valence-electron chi connectivity index (χ4n) is 2.60. The molecule has 0 aromatic carbocycles. The van der Waals surface area contributed by atoms with Gasteiger partial charge in [0.1, 0.15) is 0 Å². The van der Waals surface area contributed by atoms with Crippen molar-refractivity contribution in [2.75, 3.05) is 33.3 Å². The Labute approximate surface area is 133 Å². The molecule has 22 heavy (non-hydrogen) atoms. The minimum absolute atomic E-state index is 0.0424. The quantitative estimate of drug-likeness (QED) is 0.662. The van der Waals surface area contributed by atoms with Crippen molar-refractivity contribution < 1.29 is 14.3 Å². The maximum absolute atomic E-state index is 12.2. The number of urea groups is 2. The van der Waals surface area contributed by atoms with Crippen molar-refractivity contribution in [2.24, 2.45) is 0 Å². The molecule has 0 aromatic heterocycles. The maximum Gasteiger partial charge on any atom is 0.317 e. The fourth-order valence-corrected chi connectivity index (χ4v) is 2.60. The molecule has 128 valence electrons. The molecule has 4 amide bonds. The highest BCUT2D eigenvalue weighted by molar-refractivity contribution is 5.75. The molecule has 1 unspecified atom stereocenters. The van der Waals surface area contributed by atoms with Crippen LogP contribution in [0.25, 0.3) is 0 Å². The molecule has 0 bridgehead atoms. The van der Waals surface area contributed by atoms with Crippen molar-refractivity contribution in [3.05, 3.63) is 0 Å². The summed E-state index contributed by atoms with van der Waals surface area (Å²) in [6, 6.07) is -0.0681. The van der Waals surface area contributed by atoms with Crippen LogP contribution in [0, 0.1) is 0 Å². The SMILES string of the molecule is CCCC(CNC(=O)N1CCC(NC(=O)NC)CC1)OCC. The number of hydrogen-bond donors (Lipinski definition) is 3. The van der Waals surface area contributed by atoms with Crippen molar-refractivity contribution >= 4 is 12.1 Å². The van der Waals surface area contributed by atoms with Crippen molar-refractivity contribution in [3.63, 3.8) is 0 Å². The van der Waals surface area contributed by atoms with Crippen LogP contribution in [0.2, 0.25) is 0 Å². The average Bonchev–Trinajstić information content (AvgIpc) is 2.53. The molecule has 1 heterocycles. The minimum Gasteiger partial charge on any atom is -0.377 e. The monoisotopic (exact) mass is 314 g/mol. The number of hydrogen-bond acceptors (Lipinski definition) is 3. The van der Waals surface area contributed by atoms with Gasteiger partial charge in [0.15, 0.2) is 0 Å². The highest BCUT2D eigenvalue weighted by Gasteiger charge is 2.23. The maximum atomic E-state index is 12.2. The Hall–Kier alpha value is -1.50. The number of rotatable bonds is 7. The van der Waals surface area contributed by atoms with Gasteiger partial charge >= 0.3 is 12.1 Å². The third-order valence-corrected chi connectivity index (χ3v) is 3.84. The summed E-state index contributed by atoms with van der Waals surface area (Å²) < 4.78 is 5.61. The van der Waals surface area contributed by atoms with Crippen molar-refractivity contribution in [3.8, 4) is 0 Å². The summed E-state index contributed by atoms with van der Waals surface area (Å²) in [5, 5.41) is 8.38. The molecule has 0 aromatic rings. The Balaban J connectivity index is 2.28. The molecule has 7 nitrogen and oxygen atoms in total. The zero-order chi connectivity index (χ0) is 16.4. The molecule has 1 saturated heterocycles. The van der Waals surface area contributed by atoms with Crippen molar-refractivity contribution in [2.45, 2.75) is 51.7 Å². The van der Waals surface area contributed by atoms with Gasteiger partial charge in [-0.15, -0.1) is 0 Å². The van der Waals surface area contributed by atoms with Gasteiger partial charge in [-0.3, -0.25) is 0 Å². The van der Waals surface area contributed by atoms with E-state index in [0.29, 0.717) is 26.2 Å². The summed E-state index contributed by atoms with van der Waals surface area (Å²) in [4.78, 5) is 25.2. The lowest BCUT2D eigenvalue weighted by Gasteiger charge is -2.32. The van der Waals surface area contributed by atoms with E-state index < -0.39 is 0 Å². The molecule has 3 N–H and O–H groups in total. The van der Waals surface area contributed by atoms with E-state index in [1.807, 2.05) is 6.92 Å². The van der Waals surface area contributed by atoms with Crippen LogP contribution in [0.4, 0.5) is 9.59 Å². The lowest BCUT2D eigenvalue weighted by molar-refractivity contribution is 0.0563. The fraction of sp³-hybridized carbons (Fsp3) is 0.867. The van der Waals surface area contributed by atoms with Gasteiger partial charge in [-0.05, 0) is 26.2 Å². The molecule has 1 aliphatic rings. The first-order chi connectivity index (χ1) is 10.6. The van der Waals surface area contributed by atoms with Gasteiger partial charge < -0.3 is 25.6 Å². The van der Waals surface area contributed by atoms with Crippen LogP contribution in [0.1, 0.15) is 39.5 Å². The van der Waals surface area contributed by atoms with E-state index in [1.165, 1.54) is 0 Å². The summed E-state index contributed by atoms with van der Waals surface area (Å²) in [5.41, 5.74) is 0. The van der Waals surface area contributed by atoms with E-state index >= 15 is 0 Å². The van der Waals surface area contributed by atoms with Crippen LogP contribution in [0.15, 0.2) is 0 Å². The van der Waals surface area contributed by atoms with Crippen LogP contribution in [0.3, 0.4) is 0 Å². The van der Waals surface area contributed by atoms with Crippen LogP contribution in [-0.2, 0) is 4.74 Å². The van der Waals surface area contributed by atoms with E-state index in [1.54, 1.807) is 11.9 Å². The predicted octanol–water partition coefficient (Wildman–Crippen LogP) is 1.29. The van der Waals surface area contributed by atoms with E-state index in [4.69, 9.17) is 4.74 Å². The number of piperidine rings is 1. The molecule has 1 fully saturated rings. The molecular formula is C15H30N4O3. The zero-order valence-corrected chi connectivity index (χ0v) is 14.0. The Morgan fingerprint density at radius 1 is 1.27 bits per heavy atom. The topological polar surface area (TPSA) is 82.7 Å². The lowest BCUT2D eigenvalue weighted by atomic mass is 10.1. The largest absolute Gasteiger partial charge is 0.377 e. The number of carbonyl (C=O) groups is 2. The molecule has 1 atom stereocenters. The normalized spacial score (nSPS) is 17.0. The van der Waals surface area contributed by atoms with Gasteiger partial charge in [0, 0.05) is 39.3 Å². The molecule has 0 saturated carbocycles. The highest BCUT2D eigenvalue weighted by Crippen LogP contribution is 2.10. The van der Waals surface area contributed by atoms with Crippen LogP contribution >= 0.6 is 0 Å². The van der Waals surface area contributed by atoms with E-state index in [-0.39, 0.29) is 24.2 Å². The Morgan fingerprint density at radius 2 is 1.95 bits per heavy atom. The van der Waals surface area contributed by atoms with Gasteiger partial charge in [0.05, 0.1) is 6.10 Å². The number of amides is 4. The van der Waals surface area contributed by atoms with Gasteiger partial charge in [0.25, 0.3) is 0 Å². The molecule has 1 rings (SSSR count). The number of nitrogens with one attached hydrogen (secondary N) is 3. The summed E-state index contributed by atoms with van der Waals surface area (Å²) in [6.45, 7) is 6.61. The first-order valence-corrected chi connectivity index (χ1v) is 8.23. The van der Waals surface area contributed by atoms with Gasteiger partial charge in [-0.25, -0.2) is 9.59 Å². The zero-order valence-electron chi connectivity index (χ0n) is 14.0. The molecule has 0 aliphatic carbocycles. The Kier molecular flexibility index (Phi) is 8.65. The molecule has 0 spiro atoms. The van der Waals surface area contributed by atoms with Crippen LogP contribution in [0.5, 0.6) is 0 Å². The predicted molar refractivity (Wildman–Crippen MR) is 85.9 cm³/mol. The first-order valence-electron chi connectivity index (χ1n) is 8.23. The molecule has 0 radical (unpaired) electrons. The van der Waals surface area contributed by atoms with Crippen LogP contribution < -0.4 is 16.0 Å². The Morgan fingerprint density at radius 3 is 2.50 bits per heavy atom. The van der Waals surface area contributed by atoms with Gasteiger partial charge in [-0.2, -0.15) is 0 Å². The third-order valence-electron chi connectivity index (χ3n) is 3.84. The highest BCUT2D eigenvalue weighted by atomic mass is 16.5. The van der Waals surface area contributed by atoms with Crippen molar-refractivity contribution in [1.29, 1.82) is 0 Å². The summed E-state index contributed by atoms with van der Waals surface area (Å²) in [5.74, 6) is 0. The van der Waals surface area contributed by atoms with E-state index in [0.717, 1.165) is 25.7 Å². The van der Waals surface area contributed by atoms with E-state index in [2.05, 4.69) is 22.9 Å². The minimum atomic E-state index is -0.165. The standard InChI is InChI=1S/C15H30N4O3/c1-4-6-13(22-5-2)11-17-15(21)19-9-7-12(8-10-19)18-14(20)16-3/h12-13H,4-11H2,1-3H3,(H,17,21)(H2,16,18,20). The van der Waals surface area contributed by atoms with Gasteiger partial charge in [0.2, 0.25) is 0 Å². The number of nitrogens with zero attached hydrogens (tertiary/aromatic N) is 1. The smallest absolute Gasteiger partial charge is 0.317 e. The number of likely N-dealkylation sites (tertiary alicyclic amines) is 1. The number of carbonyl (C=O) groups excluding carboxylic acids is 2. The second kappa shape index (κ2) is 10.3. The second-order valence-electron chi connectivity index (χ2n) is 5.54. The van der Waals surface area contributed by atoms with Gasteiger partial charge in [-0.1, -0.05) is 13.3 Å². The van der Waals surface area contributed by atoms with Crippen LogP contribution in [-0.4, -0.2) is 62.4 Å². The Bertz CT molecular complexity index is 338.